The second kappa shape index (κ2) is 10.8. The first-order valence-corrected chi connectivity index (χ1v) is 12.5. The fourth-order valence-electron chi connectivity index (χ4n) is 4.64. The maximum absolute atomic E-state index is 13.0. The summed E-state index contributed by atoms with van der Waals surface area (Å²) in [6.07, 6.45) is 0.229. The number of nitrogens with zero attached hydrogens (tertiary/aromatic N) is 2. The van der Waals surface area contributed by atoms with Crippen molar-refractivity contribution >= 4 is 34.6 Å². The minimum absolute atomic E-state index is 0.000728. The van der Waals surface area contributed by atoms with E-state index in [1.165, 1.54) is 0 Å². The van der Waals surface area contributed by atoms with Gasteiger partial charge in [0.05, 0.1) is 5.92 Å². The lowest BCUT2D eigenvalue weighted by Gasteiger charge is -2.27. The van der Waals surface area contributed by atoms with Gasteiger partial charge in [0, 0.05) is 42.3 Å². The summed E-state index contributed by atoms with van der Waals surface area (Å²) in [7, 11) is 0. The quantitative estimate of drug-likeness (QED) is 0.405. The zero-order valence-electron chi connectivity index (χ0n) is 21.1. The number of carbonyl (C=O) groups excluding carboxylic acids is 2. The van der Waals surface area contributed by atoms with Gasteiger partial charge < -0.3 is 15.1 Å². The molecule has 0 bridgehead atoms. The molecule has 0 radical (unpaired) electrons. The molecule has 1 fully saturated rings. The molecule has 0 saturated carbocycles. The third kappa shape index (κ3) is 5.73. The molecule has 4 rings (SSSR count). The zero-order chi connectivity index (χ0) is 24.9. The lowest BCUT2D eigenvalue weighted by Crippen LogP contribution is -2.29. The monoisotopic (exact) mass is 469 g/mol. The first kappa shape index (κ1) is 24.5. The zero-order valence-corrected chi connectivity index (χ0v) is 21.1. The van der Waals surface area contributed by atoms with Crippen LogP contribution in [-0.2, 0) is 9.59 Å². The van der Waals surface area contributed by atoms with E-state index >= 15 is 0 Å². The van der Waals surface area contributed by atoms with Crippen LogP contribution in [0.5, 0.6) is 0 Å². The number of benzene rings is 3. The number of hydrogen-bond donors (Lipinski definition) is 1. The Hall–Kier alpha value is -3.60. The third-order valence-electron chi connectivity index (χ3n) is 6.41. The van der Waals surface area contributed by atoms with Crippen molar-refractivity contribution in [1.82, 2.24) is 0 Å². The van der Waals surface area contributed by atoms with Crippen molar-refractivity contribution in [3.63, 3.8) is 0 Å². The van der Waals surface area contributed by atoms with Gasteiger partial charge in [-0.2, -0.15) is 0 Å². The number of anilines is 4. The van der Waals surface area contributed by atoms with E-state index in [2.05, 4.69) is 56.1 Å². The second-order valence-corrected chi connectivity index (χ2v) is 10.00. The van der Waals surface area contributed by atoms with Gasteiger partial charge in [-0.15, -0.1) is 0 Å². The highest BCUT2D eigenvalue weighted by Gasteiger charge is 2.36. The van der Waals surface area contributed by atoms with Crippen LogP contribution in [0.25, 0.3) is 0 Å². The maximum Gasteiger partial charge on any atom is 0.229 e. The predicted octanol–water partition coefficient (Wildman–Crippen LogP) is 6.60. The molecular formula is C30H35N3O2. The number of amides is 2. The molecule has 0 aromatic heterocycles. The van der Waals surface area contributed by atoms with Gasteiger partial charge in [0.25, 0.3) is 0 Å². The van der Waals surface area contributed by atoms with Crippen LogP contribution < -0.4 is 15.1 Å². The van der Waals surface area contributed by atoms with Gasteiger partial charge in [0.15, 0.2) is 0 Å². The lowest BCUT2D eigenvalue weighted by atomic mass is 10.0. The van der Waals surface area contributed by atoms with Crippen molar-refractivity contribution in [2.45, 2.75) is 40.0 Å². The molecule has 1 unspecified atom stereocenters. The average Bonchev–Trinajstić information content (AvgIpc) is 3.25. The van der Waals surface area contributed by atoms with Crippen LogP contribution in [0, 0.1) is 11.8 Å². The van der Waals surface area contributed by atoms with Gasteiger partial charge in [-0.05, 0) is 59.9 Å². The van der Waals surface area contributed by atoms with Gasteiger partial charge in [-0.1, -0.05) is 64.1 Å². The summed E-state index contributed by atoms with van der Waals surface area (Å²) in [5, 5.41) is 3.02. The summed E-state index contributed by atoms with van der Waals surface area (Å²) >= 11 is 0. The molecule has 0 spiro atoms. The molecule has 182 valence electrons. The van der Waals surface area contributed by atoms with Gasteiger partial charge in [0.2, 0.25) is 11.8 Å². The van der Waals surface area contributed by atoms with Crippen molar-refractivity contribution in [1.29, 1.82) is 0 Å². The first-order valence-electron chi connectivity index (χ1n) is 12.5. The maximum atomic E-state index is 13.0. The van der Waals surface area contributed by atoms with Crippen LogP contribution in [0.15, 0.2) is 78.9 Å². The Morgan fingerprint density at radius 2 is 1.54 bits per heavy atom. The highest BCUT2D eigenvalue weighted by atomic mass is 16.2. The predicted molar refractivity (Wildman–Crippen MR) is 144 cm³/mol. The second-order valence-electron chi connectivity index (χ2n) is 10.00. The summed E-state index contributed by atoms with van der Waals surface area (Å²) in [6, 6.07) is 26.2. The summed E-state index contributed by atoms with van der Waals surface area (Å²) < 4.78 is 0. The molecule has 3 aromatic carbocycles. The van der Waals surface area contributed by atoms with E-state index in [1.54, 1.807) is 4.90 Å². The largest absolute Gasteiger partial charge is 0.341 e. The highest BCUT2D eigenvalue weighted by molar-refractivity contribution is 6.04. The average molecular weight is 470 g/mol. The Morgan fingerprint density at radius 3 is 2.20 bits per heavy atom. The van der Waals surface area contributed by atoms with Crippen molar-refractivity contribution in [3.8, 4) is 0 Å². The third-order valence-corrected chi connectivity index (χ3v) is 6.41. The van der Waals surface area contributed by atoms with Gasteiger partial charge in [-0.3, -0.25) is 9.59 Å². The normalized spacial score (nSPS) is 15.7. The Morgan fingerprint density at radius 1 is 0.914 bits per heavy atom. The molecule has 1 aliphatic rings. The minimum Gasteiger partial charge on any atom is -0.341 e. The van der Waals surface area contributed by atoms with E-state index in [9.17, 15) is 9.59 Å². The molecule has 1 N–H and O–H groups in total. The van der Waals surface area contributed by atoms with Crippen LogP contribution in [-0.4, -0.2) is 24.9 Å². The number of nitrogens with one attached hydrogen (secondary N) is 1. The van der Waals surface area contributed by atoms with E-state index in [0.717, 1.165) is 34.9 Å². The molecule has 1 aliphatic heterocycles. The first-order chi connectivity index (χ1) is 16.8. The lowest BCUT2D eigenvalue weighted by molar-refractivity contribution is -0.122. The minimum atomic E-state index is -0.371. The summed E-state index contributed by atoms with van der Waals surface area (Å²) in [4.78, 5) is 29.9. The number of hydrogen-bond acceptors (Lipinski definition) is 3. The van der Waals surface area contributed by atoms with Crippen LogP contribution in [0.2, 0.25) is 0 Å². The SMILES string of the molecule is CC(C)CN(c1ccccc1)c1ccc(NC(=O)C2CC(=O)N(c3ccccc3C(C)C)C2)cc1. The smallest absolute Gasteiger partial charge is 0.229 e. The van der Waals surface area contributed by atoms with Crippen molar-refractivity contribution in [3.05, 3.63) is 84.4 Å². The fourth-order valence-corrected chi connectivity index (χ4v) is 4.64. The molecular weight excluding hydrogens is 434 g/mol. The molecule has 1 saturated heterocycles. The molecule has 3 aromatic rings. The van der Waals surface area contributed by atoms with E-state index in [-0.39, 0.29) is 24.2 Å². The van der Waals surface area contributed by atoms with Gasteiger partial charge in [0.1, 0.15) is 0 Å². The standard InChI is InChI=1S/C30H35N3O2/c1-21(2)19-32(25-10-6-5-7-11-25)26-16-14-24(15-17-26)31-30(35)23-18-29(34)33(20-23)28-13-9-8-12-27(28)22(3)4/h5-17,21-23H,18-20H2,1-4H3,(H,31,35). The molecule has 1 atom stereocenters. The summed E-state index contributed by atoms with van der Waals surface area (Å²) in [5.74, 6) is 0.317. The van der Waals surface area contributed by atoms with Crippen LogP contribution in [0.4, 0.5) is 22.7 Å². The van der Waals surface area contributed by atoms with E-state index < -0.39 is 0 Å². The fraction of sp³-hybridized carbons (Fsp3) is 0.333. The number of para-hydroxylation sites is 2. The van der Waals surface area contributed by atoms with Gasteiger partial charge >= 0.3 is 0 Å². The van der Waals surface area contributed by atoms with E-state index in [4.69, 9.17) is 0 Å². The molecule has 5 heteroatoms. The molecule has 2 amide bonds. The summed E-state index contributed by atoms with van der Waals surface area (Å²) in [6.45, 7) is 9.95. The number of rotatable bonds is 8. The Labute approximate surface area is 208 Å². The van der Waals surface area contributed by atoms with Crippen molar-refractivity contribution in [2.24, 2.45) is 11.8 Å². The van der Waals surface area contributed by atoms with Crippen molar-refractivity contribution in [2.75, 3.05) is 28.2 Å². The van der Waals surface area contributed by atoms with Gasteiger partial charge in [-0.25, -0.2) is 0 Å². The highest BCUT2D eigenvalue weighted by Crippen LogP contribution is 2.33. The Balaban J connectivity index is 1.45. The van der Waals surface area contributed by atoms with Crippen LogP contribution >= 0.6 is 0 Å². The molecule has 5 nitrogen and oxygen atoms in total. The van der Waals surface area contributed by atoms with Crippen LogP contribution in [0.3, 0.4) is 0 Å². The molecule has 35 heavy (non-hydrogen) atoms. The summed E-state index contributed by atoms with van der Waals surface area (Å²) in [5.41, 5.74) is 5.00. The van der Waals surface area contributed by atoms with Crippen molar-refractivity contribution < 1.29 is 9.59 Å². The van der Waals surface area contributed by atoms with E-state index in [1.807, 2.05) is 60.7 Å². The topological polar surface area (TPSA) is 52.7 Å². The van der Waals surface area contributed by atoms with Crippen LogP contribution in [0.1, 0.15) is 45.6 Å². The number of carbonyl (C=O) groups is 2. The molecule has 0 aliphatic carbocycles. The Kier molecular flexibility index (Phi) is 7.54. The molecule has 1 heterocycles. The van der Waals surface area contributed by atoms with E-state index in [0.29, 0.717) is 18.4 Å². The Bertz CT molecular complexity index is 1160.